The van der Waals surface area contributed by atoms with E-state index in [2.05, 4.69) is 20.7 Å². The Morgan fingerprint density at radius 3 is 2.53 bits per heavy atom. The lowest BCUT2D eigenvalue weighted by Crippen LogP contribution is -2.15. The lowest BCUT2D eigenvalue weighted by Gasteiger charge is -2.01. The third-order valence-electron chi connectivity index (χ3n) is 1.67. The van der Waals surface area contributed by atoms with Crippen molar-refractivity contribution < 1.29 is 13.7 Å². The van der Waals surface area contributed by atoms with Gasteiger partial charge < -0.3 is 4.74 Å². The molecule has 0 spiro atoms. The average molecular weight is 291 g/mol. The summed E-state index contributed by atoms with van der Waals surface area (Å²) in [6, 6.07) is 7.07. The van der Waals surface area contributed by atoms with Gasteiger partial charge in [-0.2, -0.15) is 0 Å². The zero-order valence-electron chi connectivity index (χ0n) is 8.23. The summed E-state index contributed by atoms with van der Waals surface area (Å²) in [5.74, 6) is -0.145. The highest BCUT2D eigenvalue weighted by Gasteiger charge is 2.09. The van der Waals surface area contributed by atoms with Gasteiger partial charge in [-0.15, -0.1) is 0 Å². The third-order valence-corrected chi connectivity index (χ3v) is 3.58. The van der Waals surface area contributed by atoms with Gasteiger partial charge in [-0.25, -0.2) is 0 Å². The standard InChI is InChI=1S/C10H11BrO3S/c1-14-6-9(12)7-15(13)10-4-2-8(11)3-5-10/h2-5H,6-7H2,1H3. The van der Waals surface area contributed by atoms with Gasteiger partial charge in [0.25, 0.3) is 0 Å². The number of hydrogen-bond acceptors (Lipinski definition) is 3. The van der Waals surface area contributed by atoms with E-state index in [1.54, 1.807) is 24.3 Å². The third kappa shape index (κ3) is 4.24. The van der Waals surface area contributed by atoms with Crippen molar-refractivity contribution in [3.63, 3.8) is 0 Å². The summed E-state index contributed by atoms with van der Waals surface area (Å²) < 4.78 is 17.3. The van der Waals surface area contributed by atoms with Gasteiger partial charge in [0.1, 0.15) is 6.61 Å². The Morgan fingerprint density at radius 2 is 2.00 bits per heavy atom. The zero-order valence-corrected chi connectivity index (χ0v) is 10.6. The molecule has 1 aromatic carbocycles. The van der Waals surface area contributed by atoms with Gasteiger partial charge in [0.15, 0.2) is 5.78 Å². The molecule has 3 nitrogen and oxygen atoms in total. The molecule has 0 amide bonds. The molecule has 5 heteroatoms. The molecule has 1 atom stereocenters. The number of rotatable bonds is 5. The topological polar surface area (TPSA) is 43.4 Å². The van der Waals surface area contributed by atoms with Crippen LogP contribution in [0.15, 0.2) is 33.6 Å². The van der Waals surface area contributed by atoms with Gasteiger partial charge in [0.2, 0.25) is 0 Å². The second-order valence-electron chi connectivity index (χ2n) is 2.92. The first kappa shape index (κ1) is 12.5. The first-order valence-corrected chi connectivity index (χ1v) is 6.39. The van der Waals surface area contributed by atoms with Crippen LogP contribution in [0.3, 0.4) is 0 Å². The Kier molecular flexibility index (Phi) is 5.14. The fraction of sp³-hybridized carbons (Fsp3) is 0.300. The molecule has 0 aliphatic rings. The van der Waals surface area contributed by atoms with Crippen molar-refractivity contribution in [1.82, 2.24) is 0 Å². The maximum Gasteiger partial charge on any atom is 0.171 e. The summed E-state index contributed by atoms with van der Waals surface area (Å²) >= 11 is 3.28. The maximum atomic E-state index is 11.7. The van der Waals surface area contributed by atoms with Crippen LogP contribution in [-0.2, 0) is 20.3 Å². The minimum absolute atomic E-state index is 0.00940. The van der Waals surface area contributed by atoms with Gasteiger partial charge in [-0.3, -0.25) is 9.00 Å². The lowest BCUT2D eigenvalue weighted by molar-refractivity contribution is -0.120. The number of ketones is 1. The van der Waals surface area contributed by atoms with Crippen LogP contribution < -0.4 is 0 Å². The molecule has 0 aliphatic carbocycles. The summed E-state index contributed by atoms with van der Waals surface area (Å²) in [4.78, 5) is 11.8. The Hall–Kier alpha value is -0.520. The van der Waals surface area contributed by atoms with E-state index in [4.69, 9.17) is 0 Å². The number of halogens is 1. The fourth-order valence-electron chi connectivity index (χ4n) is 1.02. The van der Waals surface area contributed by atoms with E-state index in [9.17, 15) is 9.00 Å². The summed E-state index contributed by atoms with van der Waals surface area (Å²) in [5, 5.41) is 0. The molecular weight excluding hydrogens is 280 g/mol. The smallest absolute Gasteiger partial charge is 0.171 e. The summed E-state index contributed by atoms with van der Waals surface area (Å²) in [6.07, 6.45) is 0. The normalized spacial score (nSPS) is 12.4. The maximum absolute atomic E-state index is 11.7. The molecule has 15 heavy (non-hydrogen) atoms. The van der Waals surface area contributed by atoms with Crippen molar-refractivity contribution in [3.8, 4) is 0 Å². The molecule has 0 heterocycles. The first-order valence-electron chi connectivity index (χ1n) is 4.28. The predicted octanol–water partition coefficient (Wildman–Crippen LogP) is 1.77. The van der Waals surface area contributed by atoms with Crippen molar-refractivity contribution in [2.75, 3.05) is 19.5 Å². The Bertz CT molecular complexity index is 361. The predicted molar refractivity (Wildman–Crippen MR) is 62.3 cm³/mol. The van der Waals surface area contributed by atoms with E-state index >= 15 is 0 Å². The Labute approximate surface area is 99.4 Å². The highest BCUT2D eigenvalue weighted by atomic mass is 79.9. The molecule has 0 fully saturated rings. The molecule has 0 aliphatic heterocycles. The summed E-state index contributed by atoms with van der Waals surface area (Å²) in [7, 11) is 0.171. The van der Waals surface area contributed by atoms with E-state index in [1.807, 2.05) is 0 Å². The summed E-state index contributed by atoms with van der Waals surface area (Å²) in [6.45, 7) is 0.0161. The van der Waals surface area contributed by atoms with E-state index in [0.29, 0.717) is 4.90 Å². The molecule has 0 saturated carbocycles. The molecule has 0 bridgehead atoms. The van der Waals surface area contributed by atoms with Gasteiger partial charge in [0, 0.05) is 16.5 Å². The van der Waals surface area contributed by atoms with Crippen LogP contribution in [0, 0.1) is 0 Å². The number of hydrogen-bond donors (Lipinski definition) is 0. The lowest BCUT2D eigenvalue weighted by atomic mass is 10.4. The van der Waals surface area contributed by atoms with Crippen LogP contribution in [0.4, 0.5) is 0 Å². The molecule has 0 radical (unpaired) electrons. The molecule has 82 valence electrons. The molecule has 0 aromatic heterocycles. The number of benzene rings is 1. The highest BCUT2D eigenvalue weighted by molar-refractivity contribution is 9.10. The monoisotopic (exact) mass is 290 g/mol. The van der Waals surface area contributed by atoms with Gasteiger partial charge in [0.05, 0.1) is 16.6 Å². The SMILES string of the molecule is COCC(=O)CS(=O)c1ccc(Br)cc1. The number of carbonyl (C=O) groups excluding carboxylic acids is 1. The minimum atomic E-state index is -1.27. The van der Waals surface area contributed by atoms with Crippen LogP contribution in [-0.4, -0.2) is 29.5 Å². The van der Waals surface area contributed by atoms with Gasteiger partial charge in [-0.05, 0) is 24.3 Å². The van der Waals surface area contributed by atoms with Gasteiger partial charge in [-0.1, -0.05) is 15.9 Å². The van der Waals surface area contributed by atoms with Crippen molar-refractivity contribution >= 4 is 32.5 Å². The number of carbonyl (C=O) groups is 1. The van der Waals surface area contributed by atoms with E-state index in [-0.39, 0.29) is 18.1 Å². The van der Waals surface area contributed by atoms with E-state index in [1.165, 1.54) is 7.11 Å². The fourth-order valence-corrected chi connectivity index (χ4v) is 2.26. The molecule has 1 aromatic rings. The molecule has 1 unspecified atom stereocenters. The molecular formula is C10H11BrO3S. The first-order chi connectivity index (χ1) is 7.13. The molecule has 1 rings (SSSR count). The van der Waals surface area contributed by atoms with E-state index < -0.39 is 10.8 Å². The second kappa shape index (κ2) is 6.15. The summed E-state index contributed by atoms with van der Waals surface area (Å²) in [5.41, 5.74) is 0. The number of Topliss-reactive ketones (excluding diaryl/α,β-unsaturated/α-hetero) is 1. The minimum Gasteiger partial charge on any atom is -0.377 e. The van der Waals surface area contributed by atoms with Crippen LogP contribution in [0.25, 0.3) is 0 Å². The Balaban J connectivity index is 2.61. The average Bonchev–Trinajstić information content (AvgIpc) is 2.18. The van der Waals surface area contributed by atoms with Crippen LogP contribution in [0.5, 0.6) is 0 Å². The second-order valence-corrected chi connectivity index (χ2v) is 5.28. The van der Waals surface area contributed by atoms with Crippen molar-refractivity contribution in [2.24, 2.45) is 0 Å². The van der Waals surface area contributed by atoms with Crippen LogP contribution in [0.1, 0.15) is 0 Å². The quantitative estimate of drug-likeness (QED) is 0.830. The van der Waals surface area contributed by atoms with E-state index in [0.717, 1.165) is 4.47 Å². The highest BCUT2D eigenvalue weighted by Crippen LogP contribution is 2.13. The van der Waals surface area contributed by atoms with Crippen molar-refractivity contribution in [3.05, 3.63) is 28.7 Å². The van der Waals surface area contributed by atoms with Crippen molar-refractivity contribution in [1.29, 1.82) is 0 Å². The Morgan fingerprint density at radius 1 is 1.40 bits per heavy atom. The number of methoxy groups -OCH3 is 1. The largest absolute Gasteiger partial charge is 0.377 e. The van der Waals surface area contributed by atoms with Crippen LogP contribution >= 0.6 is 15.9 Å². The van der Waals surface area contributed by atoms with Crippen LogP contribution in [0.2, 0.25) is 0 Å². The number of ether oxygens (including phenoxy) is 1. The molecule has 0 saturated heterocycles. The zero-order chi connectivity index (χ0) is 11.3. The van der Waals surface area contributed by atoms with Crippen molar-refractivity contribution in [2.45, 2.75) is 4.90 Å². The van der Waals surface area contributed by atoms with Gasteiger partial charge >= 0.3 is 0 Å². The molecule has 0 N–H and O–H groups in total.